The highest BCUT2D eigenvalue weighted by atomic mass is 32.2. The van der Waals surface area contributed by atoms with Crippen LogP contribution in [0.15, 0.2) is 4.99 Å². The summed E-state index contributed by atoms with van der Waals surface area (Å²) in [5.74, 6) is 0. The Morgan fingerprint density at radius 2 is 2.40 bits per heavy atom. The maximum Gasteiger partial charge on any atom is 0.183 e. The molecule has 0 aromatic heterocycles. The maximum atomic E-state index is 8.52. The summed E-state index contributed by atoms with van der Waals surface area (Å²) >= 11 is 1.46. The van der Waals surface area contributed by atoms with E-state index in [2.05, 4.69) is 24.2 Å². The van der Waals surface area contributed by atoms with Crippen molar-refractivity contribution >= 4 is 16.9 Å². The summed E-state index contributed by atoms with van der Waals surface area (Å²) < 4.78 is 5.61. The average molecular weight is 227 g/mol. The lowest BCUT2D eigenvalue weighted by Gasteiger charge is -2.33. The van der Waals surface area contributed by atoms with E-state index in [0.717, 1.165) is 19.4 Å². The molecule has 0 aromatic rings. The van der Waals surface area contributed by atoms with Crippen LogP contribution in [0.5, 0.6) is 0 Å². The molecule has 84 valence electrons. The quantitative estimate of drug-likeness (QED) is 0.321. The number of hydrogen-bond acceptors (Lipinski definition) is 4. The van der Waals surface area contributed by atoms with Gasteiger partial charge in [-0.05, 0) is 32.9 Å². The number of aliphatic imine (C=N–C) groups is 1. The minimum Gasteiger partial charge on any atom is -0.375 e. The number of thioether (sulfide) groups is 1. The van der Waals surface area contributed by atoms with E-state index in [9.17, 15) is 0 Å². The van der Waals surface area contributed by atoms with Crippen LogP contribution in [0.25, 0.3) is 0 Å². The van der Waals surface area contributed by atoms with Gasteiger partial charge in [0.1, 0.15) is 0 Å². The molecule has 0 aliphatic carbocycles. The summed E-state index contributed by atoms with van der Waals surface area (Å²) in [6.07, 6.45) is 5.64. The number of amidine groups is 1. The van der Waals surface area contributed by atoms with Crippen LogP contribution >= 0.6 is 11.8 Å². The Labute approximate surface area is 95.1 Å². The zero-order chi connectivity index (χ0) is 11.3. The molecule has 0 saturated carbocycles. The van der Waals surface area contributed by atoms with Crippen LogP contribution < -0.4 is 5.32 Å². The van der Waals surface area contributed by atoms with Crippen LogP contribution in [-0.4, -0.2) is 29.7 Å². The fraction of sp³-hybridized carbons (Fsp3) is 0.800. The molecule has 1 fully saturated rings. The van der Waals surface area contributed by atoms with E-state index in [0.29, 0.717) is 5.17 Å². The first-order chi connectivity index (χ1) is 7.07. The van der Waals surface area contributed by atoms with Gasteiger partial charge < -0.3 is 4.74 Å². The normalized spacial score (nSPS) is 25.7. The Bertz CT molecular complexity index is 283. The Kier molecular flexibility index (Phi) is 4.43. The van der Waals surface area contributed by atoms with Gasteiger partial charge in [-0.25, -0.2) is 0 Å². The highest BCUT2D eigenvalue weighted by molar-refractivity contribution is 8.13. The zero-order valence-corrected chi connectivity index (χ0v) is 10.2. The molecule has 0 spiro atoms. The molecule has 0 amide bonds. The summed E-state index contributed by atoms with van der Waals surface area (Å²) in [7, 11) is 0. The van der Waals surface area contributed by atoms with Gasteiger partial charge in [-0.3, -0.25) is 10.3 Å². The summed E-state index contributed by atoms with van der Waals surface area (Å²) in [4.78, 5) is 4.51. The second-order valence-electron chi connectivity index (χ2n) is 4.13. The Morgan fingerprint density at radius 3 is 2.93 bits per heavy atom. The molecule has 1 N–H and O–H groups in total. The average Bonchev–Trinajstić information content (AvgIpc) is 2.15. The van der Waals surface area contributed by atoms with Crippen LogP contribution in [0.3, 0.4) is 0 Å². The van der Waals surface area contributed by atoms with E-state index in [1.165, 1.54) is 11.8 Å². The number of nitriles is 1. The van der Waals surface area contributed by atoms with E-state index in [4.69, 9.17) is 10.00 Å². The molecule has 0 radical (unpaired) electrons. The number of nitrogens with one attached hydrogen (secondary N) is 1. The fourth-order valence-electron chi connectivity index (χ4n) is 1.66. The first-order valence-corrected chi connectivity index (χ1v) is 6.21. The van der Waals surface area contributed by atoms with E-state index in [1.807, 2.05) is 12.4 Å². The van der Waals surface area contributed by atoms with Crippen molar-refractivity contribution in [3.8, 4) is 6.19 Å². The topological polar surface area (TPSA) is 57.4 Å². The van der Waals surface area contributed by atoms with Gasteiger partial charge in [0.05, 0.1) is 11.6 Å². The van der Waals surface area contributed by atoms with Crippen molar-refractivity contribution in [1.29, 1.82) is 5.26 Å². The number of ether oxygens (including phenoxy) is 1. The third-order valence-electron chi connectivity index (χ3n) is 2.33. The lowest BCUT2D eigenvalue weighted by molar-refractivity contribution is -0.0575. The van der Waals surface area contributed by atoms with Gasteiger partial charge in [0.25, 0.3) is 0 Å². The van der Waals surface area contributed by atoms with Crippen molar-refractivity contribution in [2.45, 2.75) is 38.3 Å². The molecule has 1 aliphatic rings. The predicted molar refractivity (Wildman–Crippen MR) is 62.8 cm³/mol. The molecule has 1 aliphatic heterocycles. The number of hydrogen-bond donors (Lipinski definition) is 1. The second-order valence-corrected chi connectivity index (χ2v) is 4.92. The Balaban J connectivity index is 2.60. The van der Waals surface area contributed by atoms with Gasteiger partial charge >= 0.3 is 0 Å². The smallest absolute Gasteiger partial charge is 0.183 e. The van der Waals surface area contributed by atoms with E-state index in [-0.39, 0.29) is 11.6 Å². The Morgan fingerprint density at radius 1 is 1.67 bits per heavy atom. The largest absolute Gasteiger partial charge is 0.375 e. The molecule has 15 heavy (non-hydrogen) atoms. The van der Waals surface area contributed by atoms with Gasteiger partial charge in [0, 0.05) is 6.61 Å². The molecular weight excluding hydrogens is 210 g/mol. The minimum absolute atomic E-state index is 0.0947. The summed E-state index contributed by atoms with van der Waals surface area (Å²) in [5, 5.41) is 11.8. The maximum absolute atomic E-state index is 8.52. The molecule has 0 bridgehead atoms. The van der Waals surface area contributed by atoms with Crippen LogP contribution in [0.2, 0.25) is 0 Å². The lowest BCUT2D eigenvalue weighted by atomic mass is 9.94. The first-order valence-electron chi connectivity index (χ1n) is 4.98. The van der Waals surface area contributed by atoms with Gasteiger partial charge in [-0.1, -0.05) is 11.8 Å². The van der Waals surface area contributed by atoms with Gasteiger partial charge in [-0.2, -0.15) is 5.26 Å². The van der Waals surface area contributed by atoms with Crippen LogP contribution in [0, 0.1) is 11.5 Å². The highest BCUT2D eigenvalue weighted by Crippen LogP contribution is 2.26. The van der Waals surface area contributed by atoms with Crippen molar-refractivity contribution in [2.75, 3.05) is 12.9 Å². The van der Waals surface area contributed by atoms with Gasteiger partial charge in [-0.15, -0.1) is 0 Å². The molecule has 1 saturated heterocycles. The van der Waals surface area contributed by atoms with Crippen LogP contribution in [0.1, 0.15) is 26.7 Å². The SMILES string of the molecule is CSC(=NC1CCOC(C)(C)C1)NC#N. The van der Waals surface area contributed by atoms with Crippen LogP contribution in [0.4, 0.5) is 0 Å². The zero-order valence-electron chi connectivity index (χ0n) is 9.41. The van der Waals surface area contributed by atoms with E-state index in [1.54, 1.807) is 0 Å². The van der Waals surface area contributed by atoms with Crippen LogP contribution in [-0.2, 0) is 4.74 Å². The van der Waals surface area contributed by atoms with Crippen molar-refractivity contribution in [3.05, 3.63) is 0 Å². The fourth-order valence-corrected chi connectivity index (χ4v) is 2.06. The molecule has 1 atom stereocenters. The number of rotatable bonds is 1. The molecular formula is C10H17N3OS. The summed E-state index contributed by atoms with van der Waals surface area (Å²) in [6.45, 7) is 4.89. The summed E-state index contributed by atoms with van der Waals surface area (Å²) in [6, 6.07) is 0.261. The third kappa shape index (κ3) is 4.10. The Hall–Kier alpha value is -0.730. The van der Waals surface area contributed by atoms with Crippen molar-refractivity contribution in [3.63, 3.8) is 0 Å². The minimum atomic E-state index is -0.0947. The first kappa shape index (κ1) is 12.3. The molecule has 0 aromatic carbocycles. The van der Waals surface area contributed by atoms with E-state index >= 15 is 0 Å². The molecule has 4 nitrogen and oxygen atoms in total. The highest BCUT2D eigenvalue weighted by Gasteiger charge is 2.28. The van der Waals surface area contributed by atoms with E-state index < -0.39 is 0 Å². The second kappa shape index (κ2) is 5.38. The standard InChI is InChI=1S/C10H17N3OS/c1-10(2)6-8(4-5-14-10)13-9(15-3)12-7-11/h8H,4-6H2,1-3H3,(H,12,13). The predicted octanol–water partition coefficient (Wildman–Crippen LogP) is 1.73. The molecule has 1 heterocycles. The van der Waals surface area contributed by atoms with Crippen molar-refractivity contribution < 1.29 is 4.74 Å². The van der Waals surface area contributed by atoms with Gasteiger partial charge in [0.15, 0.2) is 11.4 Å². The van der Waals surface area contributed by atoms with Crippen molar-refractivity contribution in [1.82, 2.24) is 5.32 Å². The molecule has 1 unspecified atom stereocenters. The monoisotopic (exact) mass is 227 g/mol. The van der Waals surface area contributed by atoms with Gasteiger partial charge in [0.2, 0.25) is 0 Å². The lowest BCUT2D eigenvalue weighted by Crippen LogP contribution is -2.36. The third-order valence-corrected chi connectivity index (χ3v) is 2.92. The summed E-state index contributed by atoms with van der Waals surface area (Å²) in [5.41, 5.74) is -0.0947. The number of nitrogens with zero attached hydrogens (tertiary/aromatic N) is 2. The van der Waals surface area contributed by atoms with Crippen molar-refractivity contribution in [2.24, 2.45) is 4.99 Å². The molecule has 1 rings (SSSR count). The molecule has 5 heteroatoms.